The lowest BCUT2D eigenvalue weighted by Crippen LogP contribution is -2.31. The molecule has 1 saturated heterocycles. The number of benzene rings is 1. The molecule has 1 aliphatic heterocycles. The molecule has 9 heteroatoms. The molecule has 124 valence electrons. The Morgan fingerprint density at radius 2 is 1.96 bits per heavy atom. The van der Waals surface area contributed by atoms with E-state index in [4.69, 9.17) is 10.00 Å². The van der Waals surface area contributed by atoms with Crippen LogP contribution < -0.4 is 4.74 Å². The van der Waals surface area contributed by atoms with Crippen molar-refractivity contribution in [2.75, 3.05) is 13.1 Å². The SMILES string of the molecule is N#Cc1nccnc1OC1CCN(S(=O)(=O)c2ccc(Br)cc2)C1. The van der Waals surface area contributed by atoms with Gasteiger partial charge in [-0.05, 0) is 30.7 Å². The molecule has 1 aliphatic rings. The third-order valence-electron chi connectivity index (χ3n) is 3.61. The van der Waals surface area contributed by atoms with Crippen molar-refractivity contribution >= 4 is 26.0 Å². The van der Waals surface area contributed by atoms with E-state index in [1.54, 1.807) is 24.3 Å². The minimum absolute atomic E-state index is 0.0896. The van der Waals surface area contributed by atoms with Gasteiger partial charge in [-0.1, -0.05) is 15.9 Å². The highest BCUT2D eigenvalue weighted by molar-refractivity contribution is 9.10. The van der Waals surface area contributed by atoms with Crippen LogP contribution in [0.5, 0.6) is 5.88 Å². The van der Waals surface area contributed by atoms with Crippen LogP contribution in [0, 0.1) is 11.3 Å². The van der Waals surface area contributed by atoms with Crippen LogP contribution in [0.2, 0.25) is 0 Å². The van der Waals surface area contributed by atoms with Crippen LogP contribution in [0.4, 0.5) is 0 Å². The van der Waals surface area contributed by atoms with Crippen LogP contribution in [0.3, 0.4) is 0 Å². The zero-order valence-corrected chi connectivity index (χ0v) is 14.9. The summed E-state index contributed by atoms with van der Waals surface area (Å²) in [6, 6.07) is 8.41. The Morgan fingerprint density at radius 1 is 1.25 bits per heavy atom. The third kappa shape index (κ3) is 3.40. The molecule has 2 aromatic rings. The molecule has 1 aromatic carbocycles. The quantitative estimate of drug-likeness (QED) is 0.766. The largest absolute Gasteiger partial charge is 0.471 e. The first-order chi connectivity index (χ1) is 11.5. The zero-order chi connectivity index (χ0) is 17.2. The normalized spacial score (nSPS) is 18.2. The van der Waals surface area contributed by atoms with Gasteiger partial charge in [0.1, 0.15) is 12.2 Å². The van der Waals surface area contributed by atoms with Gasteiger partial charge in [-0.15, -0.1) is 0 Å². The van der Waals surface area contributed by atoms with Crippen LogP contribution in [0.1, 0.15) is 12.1 Å². The van der Waals surface area contributed by atoms with Crippen molar-refractivity contribution in [3.8, 4) is 11.9 Å². The van der Waals surface area contributed by atoms with Gasteiger partial charge in [0, 0.05) is 23.4 Å². The van der Waals surface area contributed by atoms with Gasteiger partial charge in [0.2, 0.25) is 15.7 Å². The maximum Gasteiger partial charge on any atom is 0.251 e. The maximum absolute atomic E-state index is 12.6. The second-order valence-electron chi connectivity index (χ2n) is 5.17. The van der Waals surface area contributed by atoms with Gasteiger partial charge < -0.3 is 4.74 Å². The lowest BCUT2D eigenvalue weighted by atomic mass is 10.3. The lowest BCUT2D eigenvalue weighted by Gasteiger charge is -2.17. The number of aromatic nitrogens is 2. The monoisotopic (exact) mass is 408 g/mol. The summed E-state index contributed by atoms with van der Waals surface area (Å²) >= 11 is 3.29. The molecule has 0 amide bonds. The maximum atomic E-state index is 12.6. The van der Waals surface area contributed by atoms with E-state index in [1.807, 2.05) is 6.07 Å². The molecule has 0 bridgehead atoms. The average Bonchev–Trinajstić information content (AvgIpc) is 3.05. The zero-order valence-electron chi connectivity index (χ0n) is 12.5. The molecular formula is C15H13BrN4O3S. The minimum Gasteiger partial charge on any atom is -0.471 e. The van der Waals surface area contributed by atoms with Gasteiger partial charge in [-0.25, -0.2) is 18.4 Å². The van der Waals surface area contributed by atoms with Crippen molar-refractivity contribution in [3.05, 3.63) is 46.8 Å². The number of hydrogen-bond donors (Lipinski definition) is 0. The summed E-state index contributed by atoms with van der Waals surface area (Å²) in [5.74, 6) is 0.132. The summed E-state index contributed by atoms with van der Waals surface area (Å²) in [7, 11) is -3.56. The Morgan fingerprint density at radius 3 is 2.67 bits per heavy atom. The second kappa shape index (κ2) is 6.84. The highest BCUT2D eigenvalue weighted by atomic mass is 79.9. The van der Waals surface area contributed by atoms with Crippen LogP contribution in [-0.4, -0.2) is 41.9 Å². The van der Waals surface area contributed by atoms with E-state index in [-0.39, 0.29) is 29.1 Å². The van der Waals surface area contributed by atoms with Crippen molar-refractivity contribution in [2.24, 2.45) is 0 Å². The fourth-order valence-electron chi connectivity index (χ4n) is 2.41. The Hall–Kier alpha value is -2.02. The highest BCUT2D eigenvalue weighted by Gasteiger charge is 2.34. The van der Waals surface area contributed by atoms with Gasteiger partial charge in [0.05, 0.1) is 11.4 Å². The Labute approximate surface area is 148 Å². The molecule has 7 nitrogen and oxygen atoms in total. The molecule has 3 rings (SSSR count). The molecule has 0 N–H and O–H groups in total. The van der Waals surface area contributed by atoms with Gasteiger partial charge in [0.25, 0.3) is 5.88 Å². The molecule has 0 aliphatic carbocycles. The van der Waals surface area contributed by atoms with Crippen molar-refractivity contribution in [1.29, 1.82) is 5.26 Å². The summed E-state index contributed by atoms with van der Waals surface area (Å²) in [5, 5.41) is 9.00. The van der Waals surface area contributed by atoms with E-state index in [1.165, 1.54) is 16.7 Å². The predicted octanol–water partition coefficient (Wildman–Crippen LogP) is 1.95. The topological polar surface area (TPSA) is 96.2 Å². The number of hydrogen-bond acceptors (Lipinski definition) is 6. The van der Waals surface area contributed by atoms with Crippen molar-refractivity contribution in [2.45, 2.75) is 17.4 Å². The van der Waals surface area contributed by atoms with E-state index in [0.717, 1.165) is 4.47 Å². The first kappa shape index (κ1) is 16.8. The van der Waals surface area contributed by atoms with Crippen LogP contribution in [-0.2, 0) is 10.0 Å². The first-order valence-corrected chi connectivity index (χ1v) is 9.37. The summed E-state index contributed by atoms with van der Waals surface area (Å²) in [6.45, 7) is 0.561. The molecule has 0 saturated carbocycles. The summed E-state index contributed by atoms with van der Waals surface area (Å²) < 4.78 is 33.1. The van der Waals surface area contributed by atoms with Gasteiger partial charge >= 0.3 is 0 Å². The fraction of sp³-hybridized carbons (Fsp3) is 0.267. The average molecular weight is 409 g/mol. The van der Waals surface area contributed by atoms with Crippen molar-refractivity contribution in [1.82, 2.24) is 14.3 Å². The molecule has 24 heavy (non-hydrogen) atoms. The fourth-order valence-corrected chi connectivity index (χ4v) is 4.16. The molecule has 0 radical (unpaired) electrons. The number of nitrogens with zero attached hydrogens (tertiary/aromatic N) is 4. The Bertz CT molecular complexity index is 880. The van der Waals surface area contributed by atoms with Gasteiger partial charge in [-0.3, -0.25) is 0 Å². The molecule has 2 heterocycles. The lowest BCUT2D eigenvalue weighted by molar-refractivity contribution is 0.205. The summed E-state index contributed by atoms with van der Waals surface area (Å²) in [6.07, 6.45) is 3.00. The number of halogens is 1. The standard InChI is InChI=1S/C15H13BrN4O3S/c16-11-1-3-13(4-2-11)24(21,22)20-8-5-12(10-20)23-15-14(9-17)18-6-7-19-15/h1-4,6-7,12H,5,8,10H2. The smallest absolute Gasteiger partial charge is 0.251 e. The van der Waals surface area contributed by atoms with Crippen LogP contribution in [0.25, 0.3) is 0 Å². The van der Waals surface area contributed by atoms with E-state index in [2.05, 4.69) is 25.9 Å². The number of nitriles is 1. The van der Waals surface area contributed by atoms with E-state index >= 15 is 0 Å². The highest BCUT2D eigenvalue weighted by Crippen LogP contribution is 2.25. The Balaban J connectivity index is 1.73. The summed E-state index contributed by atoms with van der Waals surface area (Å²) in [5.41, 5.74) is 0.0896. The molecule has 1 unspecified atom stereocenters. The number of sulfonamides is 1. The Kier molecular flexibility index (Phi) is 4.80. The molecule has 1 atom stereocenters. The number of rotatable bonds is 4. The predicted molar refractivity (Wildman–Crippen MR) is 88.7 cm³/mol. The molecular weight excluding hydrogens is 396 g/mol. The van der Waals surface area contributed by atoms with Crippen molar-refractivity contribution in [3.63, 3.8) is 0 Å². The first-order valence-electron chi connectivity index (χ1n) is 7.14. The number of ether oxygens (including phenoxy) is 1. The molecule has 1 aromatic heterocycles. The molecule has 1 fully saturated rings. The minimum atomic E-state index is -3.56. The second-order valence-corrected chi connectivity index (χ2v) is 8.02. The summed E-state index contributed by atoms with van der Waals surface area (Å²) in [4.78, 5) is 8.11. The van der Waals surface area contributed by atoms with Gasteiger partial charge in [-0.2, -0.15) is 9.57 Å². The third-order valence-corrected chi connectivity index (χ3v) is 6.02. The molecule has 0 spiro atoms. The van der Waals surface area contributed by atoms with Crippen LogP contribution >= 0.6 is 15.9 Å². The van der Waals surface area contributed by atoms with E-state index < -0.39 is 10.0 Å². The van der Waals surface area contributed by atoms with Gasteiger partial charge in [0.15, 0.2) is 0 Å². The van der Waals surface area contributed by atoms with E-state index in [0.29, 0.717) is 13.0 Å². The van der Waals surface area contributed by atoms with E-state index in [9.17, 15) is 8.42 Å². The van der Waals surface area contributed by atoms with Crippen LogP contribution in [0.15, 0.2) is 46.0 Å². The van der Waals surface area contributed by atoms with Crippen molar-refractivity contribution < 1.29 is 13.2 Å².